The van der Waals surface area contributed by atoms with E-state index in [1.54, 1.807) is 29.6 Å². The average Bonchev–Trinajstić information content (AvgIpc) is 3.52. The maximum atomic E-state index is 13.1. The fourth-order valence-electron chi connectivity index (χ4n) is 3.40. The van der Waals surface area contributed by atoms with Gasteiger partial charge in [0, 0.05) is 21.9 Å². The minimum atomic E-state index is -0.591. The van der Waals surface area contributed by atoms with Crippen LogP contribution in [0, 0.1) is 17.1 Å². The lowest BCUT2D eigenvalue weighted by atomic mass is 10.1. The molecular formula is C27H16FN3O2S2. The van der Waals surface area contributed by atoms with Crippen LogP contribution in [0.1, 0.15) is 5.76 Å². The molecule has 1 amide bonds. The molecular weight excluding hydrogens is 481 g/mol. The lowest BCUT2D eigenvalue weighted by molar-refractivity contribution is -0.112. The van der Waals surface area contributed by atoms with Crippen molar-refractivity contribution in [3.8, 4) is 17.3 Å². The summed E-state index contributed by atoms with van der Waals surface area (Å²) in [6.07, 6.45) is 1.40. The molecule has 0 saturated heterocycles. The first-order chi connectivity index (χ1) is 17.1. The smallest absolute Gasteiger partial charge is 0.268 e. The van der Waals surface area contributed by atoms with Gasteiger partial charge in [-0.25, -0.2) is 9.37 Å². The Morgan fingerprint density at radius 3 is 2.69 bits per heavy atom. The van der Waals surface area contributed by atoms with Gasteiger partial charge in [0.25, 0.3) is 5.91 Å². The summed E-state index contributed by atoms with van der Waals surface area (Å²) in [6.45, 7) is 0. The molecule has 35 heavy (non-hydrogen) atoms. The Hall–Kier alpha value is -4.19. The molecule has 3 aromatic carbocycles. The van der Waals surface area contributed by atoms with Crippen molar-refractivity contribution >= 4 is 51.0 Å². The third kappa shape index (κ3) is 5.17. The standard InChI is InChI=1S/C27H16FN3O2S2/c28-20-10-8-18(9-11-20)23-16-34-27(30-23)31-26(32)19(15-29)14-21-12-13-25(33-21)35-24-7-3-5-17-4-1-2-6-22(17)24/h1-14,16H,(H,30,31,32)/b19-14-. The van der Waals surface area contributed by atoms with Gasteiger partial charge in [-0.15, -0.1) is 11.3 Å². The highest BCUT2D eigenvalue weighted by atomic mass is 32.2. The molecule has 170 valence electrons. The number of nitrogens with one attached hydrogen (secondary N) is 1. The number of rotatable bonds is 6. The second-order valence-corrected chi connectivity index (χ2v) is 9.31. The summed E-state index contributed by atoms with van der Waals surface area (Å²) >= 11 is 2.69. The van der Waals surface area contributed by atoms with Gasteiger partial charge >= 0.3 is 0 Å². The molecule has 0 aliphatic heterocycles. The maximum absolute atomic E-state index is 13.1. The number of hydrogen-bond donors (Lipinski definition) is 1. The van der Waals surface area contributed by atoms with Crippen LogP contribution in [-0.4, -0.2) is 10.9 Å². The van der Waals surface area contributed by atoms with Gasteiger partial charge in [-0.1, -0.05) is 48.2 Å². The summed E-state index contributed by atoms with van der Waals surface area (Å²) in [7, 11) is 0. The Morgan fingerprint density at radius 1 is 1.06 bits per heavy atom. The summed E-state index contributed by atoms with van der Waals surface area (Å²) in [5.74, 6) is -0.532. The van der Waals surface area contributed by atoms with Crippen molar-refractivity contribution in [2.24, 2.45) is 0 Å². The average molecular weight is 498 g/mol. The predicted molar refractivity (Wildman–Crippen MR) is 137 cm³/mol. The van der Waals surface area contributed by atoms with E-state index in [1.165, 1.54) is 41.3 Å². The molecule has 0 bridgehead atoms. The lowest BCUT2D eigenvalue weighted by Crippen LogP contribution is -2.13. The van der Waals surface area contributed by atoms with Crippen molar-refractivity contribution in [1.82, 2.24) is 4.98 Å². The highest BCUT2D eigenvalue weighted by Crippen LogP contribution is 2.35. The highest BCUT2D eigenvalue weighted by molar-refractivity contribution is 7.99. The molecule has 0 saturated carbocycles. The second-order valence-electron chi connectivity index (χ2n) is 7.40. The van der Waals surface area contributed by atoms with E-state index in [0.29, 0.717) is 21.7 Å². The topological polar surface area (TPSA) is 78.9 Å². The fourth-order valence-corrected chi connectivity index (χ4v) is 5.05. The van der Waals surface area contributed by atoms with Gasteiger partial charge in [0.15, 0.2) is 10.2 Å². The fraction of sp³-hybridized carbons (Fsp3) is 0. The van der Waals surface area contributed by atoms with Crippen molar-refractivity contribution in [3.63, 3.8) is 0 Å². The molecule has 0 radical (unpaired) electrons. The number of carbonyl (C=O) groups is 1. The van der Waals surface area contributed by atoms with E-state index in [4.69, 9.17) is 4.42 Å². The predicted octanol–water partition coefficient (Wildman–Crippen LogP) is 7.39. The lowest BCUT2D eigenvalue weighted by Gasteiger charge is -2.04. The Balaban J connectivity index is 1.30. The molecule has 0 fully saturated rings. The maximum Gasteiger partial charge on any atom is 0.268 e. The number of nitrogens with zero attached hydrogens (tertiary/aromatic N) is 2. The largest absolute Gasteiger partial charge is 0.450 e. The molecule has 8 heteroatoms. The van der Waals surface area contributed by atoms with Crippen molar-refractivity contribution in [2.45, 2.75) is 9.99 Å². The zero-order valence-electron chi connectivity index (χ0n) is 18.1. The third-order valence-corrected chi connectivity index (χ3v) is 6.83. The number of fused-ring (bicyclic) bond motifs is 1. The van der Waals surface area contributed by atoms with Gasteiger partial charge in [0.05, 0.1) is 5.69 Å². The van der Waals surface area contributed by atoms with E-state index >= 15 is 0 Å². The van der Waals surface area contributed by atoms with Gasteiger partial charge < -0.3 is 4.42 Å². The number of nitriles is 1. The number of aromatic nitrogens is 1. The van der Waals surface area contributed by atoms with Crippen LogP contribution >= 0.6 is 23.1 Å². The van der Waals surface area contributed by atoms with Crippen LogP contribution in [0.3, 0.4) is 0 Å². The summed E-state index contributed by atoms with van der Waals surface area (Å²) in [5, 5.41) is 17.2. The van der Waals surface area contributed by atoms with Crippen LogP contribution < -0.4 is 5.32 Å². The van der Waals surface area contributed by atoms with Crippen LogP contribution in [0.5, 0.6) is 0 Å². The molecule has 0 aliphatic carbocycles. The Kier molecular flexibility index (Phi) is 6.44. The van der Waals surface area contributed by atoms with E-state index in [-0.39, 0.29) is 11.4 Å². The summed E-state index contributed by atoms with van der Waals surface area (Å²) < 4.78 is 19.0. The van der Waals surface area contributed by atoms with Gasteiger partial charge in [-0.3, -0.25) is 10.1 Å². The number of anilines is 1. The molecule has 5 nitrogen and oxygen atoms in total. The zero-order chi connectivity index (χ0) is 24.2. The van der Waals surface area contributed by atoms with Gasteiger partial charge in [-0.2, -0.15) is 5.26 Å². The number of benzene rings is 3. The Morgan fingerprint density at radius 2 is 1.86 bits per heavy atom. The van der Waals surface area contributed by atoms with Crippen molar-refractivity contribution < 1.29 is 13.6 Å². The van der Waals surface area contributed by atoms with Crippen molar-refractivity contribution in [3.05, 3.63) is 101 Å². The van der Waals surface area contributed by atoms with Crippen LogP contribution in [0.2, 0.25) is 0 Å². The van der Waals surface area contributed by atoms with Crippen LogP contribution in [0.15, 0.2) is 104 Å². The molecule has 0 spiro atoms. The number of carbonyl (C=O) groups excluding carboxylic acids is 1. The second kappa shape index (κ2) is 9.97. The van der Waals surface area contributed by atoms with Gasteiger partial charge in [0.1, 0.15) is 23.2 Å². The number of halogens is 1. The van der Waals surface area contributed by atoms with E-state index in [1.807, 2.05) is 30.3 Å². The minimum Gasteiger partial charge on any atom is -0.450 e. The Bertz CT molecular complexity index is 1590. The molecule has 1 N–H and O–H groups in total. The zero-order valence-corrected chi connectivity index (χ0v) is 19.7. The molecule has 2 heterocycles. The van der Waals surface area contributed by atoms with Crippen molar-refractivity contribution in [1.29, 1.82) is 5.26 Å². The molecule has 0 atom stereocenters. The quantitative estimate of drug-likeness (QED) is 0.195. The summed E-state index contributed by atoms with van der Waals surface area (Å²) in [4.78, 5) is 18.0. The first-order valence-corrected chi connectivity index (χ1v) is 12.2. The molecule has 2 aromatic heterocycles. The number of hydrogen-bond acceptors (Lipinski definition) is 6. The van der Waals surface area contributed by atoms with E-state index < -0.39 is 5.91 Å². The number of thiazole rings is 1. The number of furan rings is 1. The Labute approximate surface area is 208 Å². The molecule has 5 aromatic rings. The number of amides is 1. The van der Waals surface area contributed by atoms with Gasteiger partial charge in [-0.05, 0) is 53.2 Å². The van der Waals surface area contributed by atoms with E-state index in [9.17, 15) is 14.4 Å². The van der Waals surface area contributed by atoms with E-state index in [0.717, 1.165) is 21.2 Å². The SMILES string of the molecule is N#C/C(=C/c1ccc(Sc2cccc3ccccc23)o1)C(=O)Nc1nc(-c2ccc(F)cc2)cs1. The highest BCUT2D eigenvalue weighted by Gasteiger charge is 2.14. The summed E-state index contributed by atoms with van der Waals surface area (Å²) in [5.41, 5.74) is 1.22. The van der Waals surface area contributed by atoms with Crippen LogP contribution in [0.25, 0.3) is 28.1 Å². The first-order valence-electron chi connectivity index (χ1n) is 10.5. The van der Waals surface area contributed by atoms with E-state index in [2.05, 4.69) is 28.5 Å². The molecule has 5 rings (SSSR count). The summed E-state index contributed by atoms with van der Waals surface area (Å²) in [6, 6.07) is 25.5. The minimum absolute atomic E-state index is 0.111. The van der Waals surface area contributed by atoms with Crippen LogP contribution in [0.4, 0.5) is 9.52 Å². The molecule has 0 aliphatic rings. The third-order valence-electron chi connectivity index (χ3n) is 5.08. The normalized spacial score (nSPS) is 11.4. The van der Waals surface area contributed by atoms with Crippen molar-refractivity contribution in [2.75, 3.05) is 5.32 Å². The first kappa shape index (κ1) is 22.6. The molecule has 0 unspecified atom stereocenters. The van der Waals surface area contributed by atoms with Gasteiger partial charge in [0.2, 0.25) is 0 Å². The van der Waals surface area contributed by atoms with Crippen LogP contribution in [-0.2, 0) is 4.79 Å². The monoisotopic (exact) mass is 497 g/mol.